The molecule has 0 saturated heterocycles. The largest absolute Gasteiger partial charge is 0.392 e. The van der Waals surface area contributed by atoms with Crippen molar-refractivity contribution in [1.82, 2.24) is 10.0 Å². The first kappa shape index (κ1) is 17.1. The van der Waals surface area contributed by atoms with Crippen LogP contribution in [0.25, 0.3) is 0 Å². The van der Waals surface area contributed by atoms with Crippen LogP contribution in [0.15, 0.2) is 32.0 Å². The van der Waals surface area contributed by atoms with Crippen LogP contribution >= 0.6 is 31.9 Å². The molecule has 0 spiro atoms. The Labute approximate surface area is 130 Å². The highest BCUT2D eigenvalue weighted by molar-refractivity contribution is 9.11. The average molecular weight is 416 g/mol. The molecule has 1 aromatic carbocycles. The standard InChI is InChI=1S/C11H16Br2N2O3S/c1-8(16)7-14-4-5-15-19(17,18)11-6-9(12)2-3-10(11)13/h2-3,6,8,14-16H,4-5,7H2,1H3. The Kier molecular flexibility index (Phi) is 6.92. The van der Waals surface area contributed by atoms with Crippen LogP contribution < -0.4 is 10.0 Å². The van der Waals surface area contributed by atoms with E-state index >= 15 is 0 Å². The zero-order chi connectivity index (χ0) is 14.5. The SMILES string of the molecule is CC(O)CNCCNS(=O)(=O)c1cc(Br)ccc1Br. The number of halogens is 2. The molecule has 3 N–H and O–H groups in total. The van der Waals surface area contributed by atoms with Crippen LogP contribution in [-0.4, -0.2) is 39.3 Å². The Bertz CT molecular complexity index is 521. The van der Waals surface area contributed by atoms with E-state index in [1.54, 1.807) is 19.1 Å². The van der Waals surface area contributed by atoms with Crippen LogP contribution in [0.5, 0.6) is 0 Å². The summed E-state index contributed by atoms with van der Waals surface area (Å²) in [7, 11) is -3.54. The molecule has 1 atom stereocenters. The highest BCUT2D eigenvalue weighted by atomic mass is 79.9. The van der Waals surface area contributed by atoms with E-state index < -0.39 is 16.1 Å². The first-order valence-corrected chi connectivity index (χ1v) is 8.73. The molecule has 0 aliphatic carbocycles. The number of hydrogen-bond acceptors (Lipinski definition) is 4. The second-order valence-corrected chi connectivity index (χ2v) is 7.53. The molecule has 1 unspecified atom stereocenters. The number of aliphatic hydroxyl groups is 1. The molecule has 0 amide bonds. The topological polar surface area (TPSA) is 78.4 Å². The molecule has 0 aliphatic rings. The van der Waals surface area contributed by atoms with E-state index in [-0.39, 0.29) is 11.4 Å². The molecule has 1 rings (SSSR count). The fourth-order valence-corrected chi connectivity index (χ4v) is 3.88. The van der Waals surface area contributed by atoms with E-state index in [1.807, 2.05) is 0 Å². The van der Waals surface area contributed by atoms with Crippen molar-refractivity contribution in [2.75, 3.05) is 19.6 Å². The van der Waals surface area contributed by atoms with E-state index in [9.17, 15) is 8.42 Å². The molecule has 0 aliphatic heterocycles. The van der Waals surface area contributed by atoms with Gasteiger partial charge >= 0.3 is 0 Å². The van der Waals surface area contributed by atoms with Gasteiger partial charge in [0.1, 0.15) is 0 Å². The van der Waals surface area contributed by atoms with Crippen molar-refractivity contribution in [2.45, 2.75) is 17.9 Å². The van der Waals surface area contributed by atoms with Gasteiger partial charge in [0, 0.05) is 28.6 Å². The predicted molar refractivity (Wildman–Crippen MR) is 81.6 cm³/mol. The second-order valence-electron chi connectivity index (χ2n) is 4.03. The Morgan fingerprint density at radius 3 is 2.63 bits per heavy atom. The monoisotopic (exact) mass is 414 g/mol. The molecule has 0 heterocycles. The molecular formula is C11H16Br2N2O3S. The van der Waals surface area contributed by atoms with Gasteiger partial charge in [0.2, 0.25) is 10.0 Å². The van der Waals surface area contributed by atoms with Crippen molar-refractivity contribution >= 4 is 41.9 Å². The van der Waals surface area contributed by atoms with Crippen molar-refractivity contribution in [3.05, 3.63) is 27.1 Å². The van der Waals surface area contributed by atoms with Gasteiger partial charge in [-0.1, -0.05) is 15.9 Å². The summed E-state index contributed by atoms with van der Waals surface area (Å²) in [5, 5.41) is 12.0. The minimum absolute atomic E-state index is 0.192. The van der Waals surface area contributed by atoms with Gasteiger partial charge in [-0.2, -0.15) is 0 Å². The summed E-state index contributed by atoms with van der Waals surface area (Å²) < 4.78 is 27.8. The Balaban J connectivity index is 2.59. The van der Waals surface area contributed by atoms with E-state index in [1.165, 1.54) is 6.07 Å². The first-order valence-electron chi connectivity index (χ1n) is 5.66. The number of nitrogens with one attached hydrogen (secondary N) is 2. The number of benzene rings is 1. The van der Waals surface area contributed by atoms with Crippen LogP contribution in [0.1, 0.15) is 6.92 Å². The van der Waals surface area contributed by atoms with Gasteiger partial charge in [-0.15, -0.1) is 0 Å². The van der Waals surface area contributed by atoms with Crippen molar-refractivity contribution in [2.24, 2.45) is 0 Å². The zero-order valence-corrected chi connectivity index (χ0v) is 14.3. The van der Waals surface area contributed by atoms with Crippen LogP contribution in [0, 0.1) is 0 Å². The Morgan fingerprint density at radius 2 is 2.00 bits per heavy atom. The third-order valence-electron chi connectivity index (χ3n) is 2.22. The van der Waals surface area contributed by atoms with Crippen molar-refractivity contribution in [1.29, 1.82) is 0 Å². The summed E-state index contributed by atoms with van der Waals surface area (Å²) >= 11 is 6.46. The molecule has 108 valence electrons. The summed E-state index contributed by atoms with van der Waals surface area (Å²) in [4.78, 5) is 0.192. The highest BCUT2D eigenvalue weighted by Gasteiger charge is 2.17. The van der Waals surface area contributed by atoms with Crippen molar-refractivity contribution in [3.63, 3.8) is 0 Å². The molecule has 0 bridgehead atoms. The lowest BCUT2D eigenvalue weighted by atomic mass is 10.4. The molecule has 0 aromatic heterocycles. The molecule has 1 aromatic rings. The minimum atomic E-state index is -3.54. The quantitative estimate of drug-likeness (QED) is 0.589. The van der Waals surface area contributed by atoms with E-state index in [0.29, 0.717) is 22.0 Å². The predicted octanol–water partition coefficient (Wildman–Crippen LogP) is 1.46. The number of hydrogen-bond donors (Lipinski definition) is 3. The van der Waals surface area contributed by atoms with Gasteiger partial charge in [-0.25, -0.2) is 13.1 Å². The average Bonchev–Trinajstić information content (AvgIpc) is 2.31. The lowest BCUT2D eigenvalue weighted by Crippen LogP contribution is -2.34. The summed E-state index contributed by atoms with van der Waals surface area (Å²) in [5.41, 5.74) is 0. The second kappa shape index (κ2) is 7.70. The van der Waals surface area contributed by atoms with Gasteiger partial charge in [-0.3, -0.25) is 0 Å². The maximum Gasteiger partial charge on any atom is 0.241 e. The van der Waals surface area contributed by atoms with Gasteiger partial charge < -0.3 is 10.4 Å². The number of rotatable bonds is 7. The summed E-state index contributed by atoms with van der Waals surface area (Å²) in [6.45, 7) is 2.81. The zero-order valence-electron chi connectivity index (χ0n) is 10.4. The minimum Gasteiger partial charge on any atom is -0.392 e. The highest BCUT2D eigenvalue weighted by Crippen LogP contribution is 2.25. The van der Waals surface area contributed by atoms with Crippen molar-refractivity contribution < 1.29 is 13.5 Å². The van der Waals surface area contributed by atoms with E-state index in [2.05, 4.69) is 41.9 Å². The van der Waals surface area contributed by atoms with Crippen LogP contribution in [0.2, 0.25) is 0 Å². The fraction of sp³-hybridized carbons (Fsp3) is 0.455. The molecule has 0 fully saturated rings. The molecule has 19 heavy (non-hydrogen) atoms. The van der Waals surface area contributed by atoms with E-state index in [4.69, 9.17) is 5.11 Å². The van der Waals surface area contributed by atoms with E-state index in [0.717, 1.165) is 0 Å². The maximum absolute atomic E-state index is 12.1. The fourth-order valence-electron chi connectivity index (χ4n) is 1.35. The summed E-state index contributed by atoms with van der Waals surface area (Å²) in [6, 6.07) is 4.97. The number of aliphatic hydroxyl groups excluding tert-OH is 1. The molecule has 8 heteroatoms. The van der Waals surface area contributed by atoms with Crippen LogP contribution in [0.3, 0.4) is 0 Å². The van der Waals surface area contributed by atoms with Gasteiger partial charge in [-0.05, 0) is 41.1 Å². The number of sulfonamides is 1. The maximum atomic E-state index is 12.1. The third kappa shape index (κ3) is 5.88. The lowest BCUT2D eigenvalue weighted by Gasteiger charge is -2.10. The lowest BCUT2D eigenvalue weighted by molar-refractivity contribution is 0.192. The van der Waals surface area contributed by atoms with Gasteiger partial charge in [0.15, 0.2) is 0 Å². The Hall–Kier alpha value is 0.01000. The first-order chi connectivity index (χ1) is 8.83. The molecule has 5 nitrogen and oxygen atoms in total. The summed E-state index contributed by atoms with van der Waals surface area (Å²) in [5.74, 6) is 0. The third-order valence-corrected chi connectivity index (χ3v) is 5.16. The Morgan fingerprint density at radius 1 is 1.32 bits per heavy atom. The van der Waals surface area contributed by atoms with Crippen LogP contribution in [0.4, 0.5) is 0 Å². The van der Waals surface area contributed by atoms with Gasteiger partial charge in [0.25, 0.3) is 0 Å². The van der Waals surface area contributed by atoms with Crippen LogP contribution in [-0.2, 0) is 10.0 Å². The molecule has 0 saturated carbocycles. The summed E-state index contributed by atoms with van der Waals surface area (Å²) in [6.07, 6.45) is -0.448. The molecule has 0 radical (unpaired) electrons. The smallest absolute Gasteiger partial charge is 0.241 e. The normalized spacial score (nSPS) is 13.5. The van der Waals surface area contributed by atoms with Crippen molar-refractivity contribution in [3.8, 4) is 0 Å². The van der Waals surface area contributed by atoms with Gasteiger partial charge in [0.05, 0.1) is 11.0 Å². The molecular weight excluding hydrogens is 400 g/mol.